The average molecular weight is 290 g/mol. The van der Waals surface area contributed by atoms with Gasteiger partial charge in [-0.15, -0.1) is 0 Å². The molecule has 0 bridgehead atoms. The van der Waals surface area contributed by atoms with Crippen molar-refractivity contribution in [3.05, 3.63) is 35.9 Å². The van der Waals surface area contributed by atoms with Crippen LogP contribution in [0.3, 0.4) is 0 Å². The SMILES string of the molecule is CCN1CCN(C(=O)OCc2ccccc2)C(C(C)C)C1. The number of ether oxygens (including phenoxy) is 1. The smallest absolute Gasteiger partial charge is 0.410 e. The highest BCUT2D eigenvalue weighted by Crippen LogP contribution is 2.18. The van der Waals surface area contributed by atoms with Crippen molar-refractivity contribution < 1.29 is 9.53 Å². The van der Waals surface area contributed by atoms with Gasteiger partial charge in [-0.1, -0.05) is 51.1 Å². The molecule has 4 nitrogen and oxygen atoms in total. The van der Waals surface area contributed by atoms with E-state index in [4.69, 9.17) is 4.74 Å². The molecule has 1 saturated heterocycles. The van der Waals surface area contributed by atoms with Crippen LogP contribution in [0, 0.1) is 5.92 Å². The van der Waals surface area contributed by atoms with E-state index in [2.05, 4.69) is 25.7 Å². The molecule has 0 saturated carbocycles. The van der Waals surface area contributed by atoms with Crippen LogP contribution in [0.4, 0.5) is 4.79 Å². The first-order valence-corrected chi connectivity index (χ1v) is 7.81. The standard InChI is InChI=1S/C17H26N2O2/c1-4-18-10-11-19(16(12-18)14(2)3)17(20)21-13-15-8-6-5-7-9-15/h5-9,14,16H,4,10-13H2,1-3H3. The monoisotopic (exact) mass is 290 g/mol. The number of carbonyl (C=O) groups is 1. The third-order valence-electron chi connectivity index (χ3n) is 4.16. The van der Waals surface area contributed by atoms with E-state index in [1.54, 1.807) is 0 Å². The lowest BCUT2D eigenvalue weighted by atomic mass is 10.00. The summed E-state index contributed by atoms with van der Waals surface area (Å²) in [6.07, 6.45) is -0.187. The van der Waals surface area contributed by atoms with Crippen molar-refractivity contribution >= 4 is 6.09 Å². The van der Waals surface area contributed by atoms with E-state index in [1.807, 2.05) is 35.2 Å². The number of amides is 1. The number of hydrogen-bond acceptors (Lipinski definition) is 3. The van der Waals surface area contributed by atoms with Crippen LogP contribution in [0.15, 0.2) is 30.3 Å². The Morgan fingerprint density at radius 1 is 1.29 bits per heavy atom. The van der Waals surface area contributed by atoms with Gasteiger partial charge in [-0.05, 0) is 18.0 Å². The zero-order valence-electron chi connectivity index (χ0n) is 13.3. The molecule has 1 amide bonds. The Bertz CT molecular complexity index is 447. The molecule has 1 unspecified atom stereocenters. The predicted molar refractivity (Wildman–Crippen MR) is 84.1 cm³/mol. The van der Waals surface area contributed by atoms with Crippen molar-refractivity contribution in [1.29, 1.82) is 0 Å². The van der Waals surface area contributed by atoms with Gasteiger partial charge in [0.15, 0.2) is 0 Å². The molecule has 1 fully saturated rings. The van der Waals surface area contributed by atoms with Crippen molar-refractivity contribution in [1.82, 2.24) is 9.80 Å². The molecule has 0 radical (unpaired) electrons. The molecule has 1 aromatic rings. The highest BCUT2D eigenvalue weighted by atomic mass is 16.6. The first kappa shape index (κ1) is 15.8. The van der Waals surface area contributed by atoms with Crippen molar-refractivity contribution in [2.45, 2.75) is 33.4 Å². The van der Waals surface area contributed by atoms with Gasteiger partial charge < -0.3 is 9.64 Å². The molecule has 1 aliphatic heterocycles. The summed E-state index contributed by atoms with van der Waals surface area (Å²) in [6, 6.07) is 10.1. The van der Waals surface area contributed by atoms with Crippen LogP contribution in [0.2, 0.25) is 0 Å². The molecule has 0 N–H and O–H groups in total. The Hall–Kier alpha value is -1.55. The number of rotatable bonds is 4. The van der Waals surface area contributed by atoms with Gasteiger partial charge in [-0.3, -0.25) is 4.90 Å². The third-order valence-corrected chi connectivity index (χ3v) is 4.16. The molecule has 21 heavy (non-hydrogen) atoms. The highest BCUT2D eigenvalue weighted by molar-refractivity contribution is 5.68. The van der Waals surface area contributed by atoms with Gasteiger partial charge in [0.2, 0.25) is 0 Å². The molecular formula is C17H26N2O2. The maximum atomic E-state index is 12.4. The second kappa shape index (κ2) is 7.46. The second-order valence-corrected chi connectivity index (χ2v) is 5.94. The van der Waals surface area contributed by atoms with E-state index in [0.29, 0.717) is 12.5 Å². The summed E-state index contributed by atoms with van der Waals surface area (Å²) in [6.45, 7) is 10.5. The minimum Gasteiger partial charge on any atom is -0.445 e. The molecule has 1 aliphatic rings. The first-order valence-electron chi connectivity index (χ1n) is 7.81. The van der Waals surface area contributed by atoms with E-state index in [-0.39, 0.29) is 12.1 Å². The summed E-state index contributed by atoms with van der Waals surface area (Å²) in [5, 5.41) is 0. The van der Waals surface area contributed by atoms with Crippen LogP contribution < -0.4 is 0 Å². The second-order valence-electron chi connectivity index (χ2n) is 5.94. The van der Waals surface area contributed by atoms with E-state index in [0.717, 1.165) is 31.7 Å². The predicted octanol–water partition coefficient (Wildman–Crippen LogP) is 2.99. The summed E-state index contributed by atoms with van der Waals surface area (Å²) in [5.41, 5.74) is 1.03. The molecular weight excluding hydrogens is 264 g/mol. The Kier molecular flexibility index (Phi) is 5.62. The number of hydrogen-bond donors (Lipinski definition) is 0. The van der Waals surface area contributed by atoms with Crippen molar-refractivity contribution in [2.75, 3.05) is 26.2 Å². The number of nitrogens with zero attached hydrogens (tertiary/aromatic N) is 2. The normalized spacial score (nSPS) is 19.8. The molecule has 1 aromatic carbocycles. The summed E-state index contributed by atoms with van der Waals surface area (Å²) in [7, 11) is 0. The molecule has 116 valence electrons. The van der Waals surface area contributed by atoms with Crippen LogP contribution in [0.25, 0.3) is 0 Å². The van der Waals surface area contributed by atoms with E-state index >= 15 is 0 Å². The number of piperazine rings is 1. The van der Waals surface area contributed by atoms with Crippen molar-refractivity contribution in [2.24, 2.45) is 5.92 Å². The van der Waals surface area contributed by atoms with E-state index < -0.39 is 0 Å². The summed E-state index contributed by atoms with van der Waals surface area (Å²) in [4.78, 5) is 16.7. The zero-order valence-corrected chi connectivity index (χ0v) is 13.3. The summed E-state index contributed by atoms with van der Waals surface area (Å²) in [5.74, 6) is 0.434. The Morgan fingerprint density at radius 2 is 2.00 bits per heavy atom. The minimum absolute atomic E-state index is 0.187. The van der Waals surface area contributed by atoms with Gasteiger partial charge in [0.25, 0.3) is 0 Å². The Morgan fingerprint density at radius 3 is 2.62 bits per heavy atom. The Balaban J connectivity index is 1.93. The van der Waals surface area contributed by atoms with Gasteiger partial charge in [-0.2, -0.15) is 0 Å². The zero-order chi connectivity index (χ0) is 15.2. The molecule has 4 heteroatoms. The maximum Gasteiger partial charge on any atom is 0.410 e. The van der Waals surface area contributed by atoms with Gasteiger partial charge in [0, 0.05) is 19.6 Å². The lowest BCUT2D eigenvalue weighted by Gasteiger charge is -2.42. The average Bonchev–Trinajstić information content (AvgIpc) is 2.52. The largest absolute Gasteiger partial charge is 0.445 e. The third kappa shape index (κ3) is 4.21. The van der Waals surface area contributed by atoms with Gasteiger partial charge >= 0.3 is 6.09 Å². The lowest BCUT2D eigenvalue weighted by Crippen LogP contribution is -2.57. The quantitative estimate of drug-likeness (QED) is 0.854. The van der Waals surface area contributed by atoms with E-state index in [1.165, 1.54) is 0 Å². The lowest BCUT2D eigenvalue weighted by molar-refractivity contribution is 0.0302. The van der Waals surface area contributed by atoms with Gasteiger partial charge in [0.1, 0.15) is 6.61 Å². The fourth-order valence-corrected chi connectivity index (χ4v) is 2.76. The summed E-state index contributed by atoms with van der Waals surface area (Å²) >= 11 is 0. The fourth-order valence-electron chi connectivity index (χ4n) is 2.76. The highest BCUT2D eigenvalue weighted by Gasteiger charge is 2.32. The number of likely N-dealkylation sites (N-methyl/N-ethyl adjacent to an activating group) is 1. The minimum atomic E-state index is -0.187. The maximum absolute atomic E-state index is 12.4. The van der Waals surface area contributed by atoms with Gasteiger partial charge in [0.05, 0.1) is 6.04 Å². The summed E-state index contributed by atoms with van der Waals surface area (Å²) < 4.78 is 5.49. The first-order chi connectivity index (χ1) is 10.1. The Labute approximate surface area is 127 Å². The van der Waals surface area contributed by atoms with Crippen LogP contribution in [-0.2, 0) is 11.3 Å². The van der Waals surface area contributed by atoms with Crippen molar-refractivity contribution in [3.63, 3.8) is 0 Å². The number of benzene rings is 1. The van der Waals surface area contributed by atoms with Crippen LogP contribution in [0.5, 0.6) is 0 Å². The van der Waals surface area contributed by atoms with Crippen LogP contribution in [0.1, 0.15) is 26.3 Å². The van der Waals surface area contributed by atoms with Gasteiger partial charge in [-0.25, -0.2) is 4.79 Å². The topological polar surface area (TPSA) is 32.8 Å². The molecule has 0 aromatic heterocycles. The molecule has 1 atom stereocenters. The fraction of sp³-hybridized carbons (Fsp3) is 0.588. The number of carbonyl (C=O) groups excluding carboxylic acids is 1. The van der Waals surface area contributed by atoms with E-state index in [9.17, 15) is 4.79 Å². The molecule has 0 spiro atoms. The molecule has 1 heterocycles. The van der Waals surface area contributed by atoms with Crippen LogP contribution in [-0.4, -0.2) is 48.1 Å². The van der Waals surface area contributed by atoms with Crippen LogP contribution >= 0.6 is 0 Å². The molecule has 2 rings (SSSR count). The molecule has 0 aliphatic carbocycles. The van der Waals surface area contributed by atoms with Crippen molar-refractivity contribution in [3.8, 4) is 0 Å².